The van der Waals surface area contributed by atoms with Crippen LogP contribution in [0.25, 0.3) is 0 Å². The number of nitrogens with one attached hydrogen (secondary N) is 1. The maximum atomic E-state index is 6.07. The van der Waals surface area contributed by atoms with Crippen LogP contribution in [0.2, 0.25) is 5.02 Å². The Bertz CT molecular complexity index is 562. The number of benzene rings is 1. The average Bonchev–Trinajstić information content (AvgIpc) is 2.47. The summed E-state index contributed by atoms with van der Waals surface area (Å²) in [5, 5.41) is 4.19. The van der Waals surface area contributed by atoms with Crippen molar-refractivity contribution < 1.29 is 4.74 Å². The Morgan fingerprint density at radius 2 is 2.15 bits per heavy atom. The zero-order valence-corrected chi connectivity index (χ0v) is 12.4. The van der Waals surface area contributed by atoms with Gasteiger partial charge in [0, 0.05) is 29.2 Å². The minimum absolute atomic E-state index is 0.165. The lowest BCUT2D eigenvalue weighted by atomic mass is 10.0. The van der Waals surface area contributed by atoms with Gasteiger partial charge in [-0.1, -0.05) is 30.7 Å². The van der Waals surface area contributed by atoms with Gasteiger partial charge in [-0.25, -0.2) is 9.97 Å². The Kier molecular flexibility index (Phi) is 5.32. The molecule has 0 amide bonds. The van der Waals surface area contributed by atoms with Crippen LogP contribution in [-0.2, 0) is 6.42 Å². The van der Waals surface area contributed by atoms with E-state index in [-0.39, 0.29) is 6.04 Å². The number of methoxy groups -OCH3 is 1. The molecule has 106 valence electrons. The van der Waals surface area contributed by atoms with Gasteiger partial charge in [-0.3, -0.25) is 0 Å². The van der Waals surface area contributed by atoms with E-state index in [2.05, 4.69) is 28.3 Å². The topological polar surface area (TPSA) is 47.0 Å². The van der Waals surface area contributed by atoms with Gasteiger partial charge in [-0.15, -0.1) is 0 Å². The van der Waals surface area contributed by atoms with Gasteiger partial charge in [-0.05, 0) is 24.2 Å². The standard InChI is InChI=1S/C15H18ClN3O/c1-3-17-14(11-5-4-6-12(16)7-11)8-13-9-15(20-2)19-10-18-13/h4-7,9-10,14,17H,3,8H2,1-2H3. The summed E-state index contributed by atoms with van der Waals surface area (Å²) in [6, 6.07) is 9.91. The first kappa shape index (κ1) is 14.8. The molecule has 2 aromatic rings. The van der Waals surface area contributed by atoms with Crippen molar-refractivity contribution in [2.75, 3.05) is 13.7 Å². The second-order valence-electron chi connectivity index (χ2n) is 4.42. The van der Waals surface area contributed by atoms with E-state index in [1.807, 2.05) is 24.3 Å². The average molecular weight is 292 g/mol. The van der Waals surface area contributed by atoms with Gasteiger partial charge < -0.3 is 10.1 Å². The number of ether oxygens (including phenoxy) is 1. The minimum atomic E-state index is 0.165. The Morgan fingerprint density at radius 1 is 1.30 bits per heavy atom. The van der Waals surface area contributed by atoms with Crippen LogP contribution in [0.1, 0.15) is 24.2 Å². The van der Waals surface area contributed by atoms with Gasteiger partial charge >= 0.3 is 0 Å². The predicted molar refractivity (Wildman–Crippen MR) is 80.2 cm³/mol. The van der Waals surface area contributed by atoms with Crippen LogP contribution in [0, 0.1) is 0 Å². The van der Waals surface area contributed by atoms with Crippen molar-refractivity contribution in [3.8, 4) is 5.88 Å². The molecule has 0 radical (unpaired) electrons. The monoisotopic (exact) mass is 291 g/mol. The van der Waals surface area contributed by atoms with Gasteiger partial charge in [0.2, 0.25) is 5.88 Å². The summed E-state index contributed by atoms with van der Waals surface area (Å²) in [6.07, 6.45) is 2.28. The van der Waals surface area contributed by atoms with E-state index in [1.54, 1.807) is 7.11 Å². The van der Waals surface area contributed by atoms with Crippen molar-refractivity contribution in [3.63, 3.8) is 0 Å². The van der Waals surface area contributed by atoms with Gasteiger partial charge in [0.25, 0.3) is 0 Å². The molecular weight excluding hydrogens is 274 g/mol. The van der Waals surface area contributed by atoms with Crippen molar-refractivity contribution in [3.05, 3.63) is 52.9 Å². The van der Waals surface area contributed by atoms with E-state index in [0.717, 1.165) is 29.2 Å². The largest absolute Gasteiger partial charge is 0.481 e. The normalized spacial score (nSPS) is 12.2. The van der Waals surface area contributed by atoms with E-state index in [4.69, 9.17) is 16.3 Å². The highest BCUT2D eigenvalue weighted by Crippen LogP contribution is 2.21. The number of halogens is 1. The van der Waals surface area contributed by atoms with Crippen LogP contribution in [0.15, 0.2) is 36.7 Å². The third kappa shape index (κ3) is 3.92. The first-order valence-corrected chi connectivity index (χ1v) is 6.94. The van der Waals surface area contributed by atoms with E-state index < -0.39 is 0 Å². The smallest absolute Gasteiger partial charge is 0.216 e. The maximum absolute atomic E-state index is 6.07. The fourth-order valence-electron chi connectivity index (χ4n) is 2.09. The molecule has 2 rings (SSSR count). The Hall–Kier alpha value is -1.65. The summed E-state index contributed by atoms with van der Waals surface area (Å²) in [7, 11) is 1.60. The molecule has 0 saturated carbocycles. The van der Waals surface area contributed by atoms with Crippen molar-refractivity contribution >= 4 is 11.6 Å². The van der Waals surface area contributed by atoms with Crippen LogP contribution in [0.3, 0.4) is 0 Å². The summed E-state index contributed by atoms with van der Waals surface area (Å²) in [5.74, 6) is 0.580. The molecule has 0 aliphatic rings. The van der Waals surface area contributed by atoms with Gasteiger partial charge in [0.15, 0.2) is 0 Å². The lowest BCUT2D eigenvalue weighted by Crippen LogP contribution is -2.23. The molecule has 0 bridgehead atoms. The fraction of sp³-hybridized carbons (Fsp3) is 0.333. The lowest BCUT2D eigenvalue weighted by Gasteiger charge is -2.18. The van der Waals surface area contributed by atoms with Crippen LogP contribution in [-0.4, -0.2) is 23.6 Å². The van der Waals surface area contributed by atoms with Crippen LogP contribution in [0.5, 0.6) is 5.88 Å². The van der Waals surface area contributed by atoms with Crippen molar-refractivity contribution in [2.24, 2.45) is 0 Å². The SMILES string of the molecule is CCNC(Cc1cc(OC)ncn1)c1cccc(Cl)c1. The van der Waals surface area contributed by atoms with E-state index in [0.29, 0.717) is 5.88 Å². The van der Waals surface area contributed by atoms with Crippen molar-refractivity contribution in [1.29, 1.82) is 0 Å². The molecule has 1 unspecified atom stereocenters. The predicted octanol–water partition coefficient (Wildman–Crippen LogP) is 3.03. The number of rotatable bonds is 6. The summed E-state index contributed by atoms with van der Waals surface area (Å²) < 4.78 is 5.13. The molecule has 1 aromatic heterocycles. The molecule has 1 aromatic carbocycles. The number of nitrogens with zero attached hydrogens (tertiary/aromatic N) is 2. The van der Waals surface area contributed by atoms with Gasteiger partial charge in [0.05, 0.1) is 7.11 Å². The molecule has 0 fully saturated rings. The quantitative estimate of drug-likeness (QED) is 0.889. The van der Waals surface area contributed by atoms with E-state index in [1.165, 1.54) is 6.33 Å². The zero-order valence-electron chi connectivity index (χ0n) is 11.6. The molecule has 20 heavy (non-hydrogen) atoms. The lowest BCUT2D eigenvalue weighted by molar-refractivity contribution is 0.395. The maximum Gasteiger partial charge on any atom is 0.216 e. The third-order valence-corrected chi connectivity index (χ3v) is 3.26. The molecule has 0 aliphatic carbocycles. The van der Waals surface area contributed by atoms with Gasteiger partial charge in [-0.2, -0.15) is 0 Å². The molecule has 0 saturated heterocycles. The molecular formula is C15H18ClN3O. The van der Waals surface area contributed by atoms with Crippen molar-refractivity contribution in [2.45, 2.75) is 19.4 Å². The van der Waals surface area contributed by atoms with Crippen molar-refractivity contribution in [1.82, 2.24) is 15.3 Å². The van der Waals surface area contributed by atoms with Crippen LogP contribution < -0.4 is 10.1 Å². The van der Waals surface area contributed by atoms with E-state index >= 15 is 0 Å². The van der Waals surface area contributed by atoms with Gasteiger partial charge in [0.1, 0.15) is 6.33 Å². The molecule has 4 nitrogen and oxygen atoms in total. The number of aromatic nitrogens is 2. The first-order valence-electron chi connectivity index (χ1n) is 6.56. The molecule has 1 atom stereocenters. The Labute approximate surface area is 124 Å². The summed E-state index contributed by atoms with van der Waals surface area (Å²) in [5.41, 5.74) is 2.08. The zero-order chi connectivity index (χ0) is 14.4. The second-order valence-corrected chi connectivity index (χ2v) is 4.86. The molecule has 1 heterocycles. The summed E-state index contributed by atoms with van der Waals surface area (Å²) >= 11 is 6.07. The summed E-state index contributed by atoms with van der Waals surface area (Å²) in [4.78, 5) is 8.32. The van der Waals surface area contributed by atoms with E-state index in [9.17, 15) is 0 Å². The molecule has 1 N–H and O–H groups in total. The highest BCUT2D eigenvalue weighted by atomic mass is 35.5. The fourth-order valence-corrected chi connectivity index (χ4v) is 2.29. The number of hydrogen-bond acceptors (Lipinski definition) is 4. The number of hydrogen-bond donors (Lipinski definition) is 1. The first-order chi connectivity index (χ1) is 9.72. The molecule has 5 heteroatoms. The summed E-state index contributed by atoms with van der Waals surface area (Å²) in [6.45, 7) is 2.96. The molecule has 0 spiro atoms. The minimum Gasteiger partial charge on any atom is -0.481 e. The molecule has 0 aliphatic heterocycles. The highest BCUT2D eigenvalue weighted by Gasteiger charge is 2.13. The second kappa shape index (κ2) is 7.22. The highest BCUT2D eigenvalue weighted by molar-refractivity contribution is 6.30. The van der Waals surface area contributed by atoms with Crippen LogP contribution >= 0.6 is 11.6 Å². The van der Waals surface area contributed by atoms with Crippen LogP contribution in [0.4, 0.5) is 0 Å². The Morgan fingerprint density at radius 3 is 2.85 bits per heavy atom. The Balaban J connectivity index is 2.20. The third-order valence-electron chi connectivity index (χ3n) is 3.02. The number of likely N-dealkylation sites (N-methyl/N-ethyl adjacent to an activating group) is 1.